The molecule has 11 heteroatoms. The molecule has 5 N–H and O–H groups in total. The number of anilines is 1. The van der Waals surface area contributed by atoms with Gasteiger partial charge in [0.15, 0.2) is 5.69 Å². The van der Waals surface area contributed by atoms with Gasteiger partial charge in [-0.25, -0.2) is 9.07 Å². The van der Waals surface area contributed by atoms with Crippen LogP contribution < -0.4 is 16.8 Å². The first-order valence-electron chi connectivity index (χ1n) is 13.2. The van der Waals surface area contributed by atoms with Gasteiger partial charge in [0.1, 0.15) is 11.5 Å². The van der Waals surface area contributed by atoms with Crippen LogP contribution in [0, 0.1) is 11.7 Å². The summed E-state index contributed by atoms with van der Waals surface area (Å²) in [5.74, 6) is -1.39. The maximum absolute atomic E-state index is 15.0. The van der Waals surface area contributed by atoms with Crippen LogP contribution in [0.3, 0.4) is 0 Å². The van der Waals surface area contributed by atoms with Gasteiger partial charge >= 0.3 is 6.18 Å². The first kappa shape index (κ1) is 29.9. The van der Waals surface area contributed by atoms with Gasteiger partial charge in [0.25, 0.3) is 5.91 Å². The Balaban J connectivity index is 1.74. The Morgan fingerprint density at radius 3 is 2.49 bits per heavy atom. The van der Waals surface area contributed by atoms with Crippen molar-refractivity contribution in [1.82, 2.24) is 14.8 Å². The average Bonchev–Trinajstić information content (AvgIpc) is 3.44. The molecule has 2 unspecified atom stereocenters. The third-order valence-electron chi connectivity index (χ3n) is 7.20. The van der Waals surface area contributed by atoms with Gasteiger partial charge in [-0.3, -0.25) is 9.78 Å². The molecule has 0 saturated carbocycles. The second kappa shape index (κ2) is 12.2. The SMILES string of the molecule is CCC(C)CCC(N)(c1ccc(F)c(NC(=O)c2cc(C(F)(F)F)nn2-c2cccc(CN)c2)c1)c1ccccn1. The largest absolute Gasteiger partial charge is 0.435 e. The Kier molecular flexibility index (Phi) is 8.89. The zero-order valence-corrected chi connectivity index (χ0v) is 22.8. The minimum absolute atomic E-state index is 0.134. The van der Waals surface area contributed by atoms with Crippen LogP contribution in [0.1, 0.15) is 66.1 Å². The molecule has 7 nitrogen and oxygen atoms in total. The summed E-state index contributed by atoms with van der Waals surface area (Å²) < 4.78 is 56.7. The van der Waals surface area contributed by atoms with Crippen LogP contribution in [0.15, 0.2) is 72.9 Å². The predicted octanol–water partition coefficient (Wildman–Crippen LogP) is 6.16. The predicted molar refractivity (Wildman–Crippen MR) is 149 cm³/mol. The zero-order valence-electron chi connectivity index (χ0n) is 22.8. The maximum atomic E-state index is 15.0. The summed E-state index contributed by atoms with van der Waals surface area (Å²) in [5.41, 5.74) is 11.5. The number of carbonyl (C=O) groups is 1. The molecule has 0 aliphatic carbocycles. The maximum Gasteiger partial charge on any atom is 0.435 e. The molecule has 41 heavy (non-hydrogen) atoms. The molecule has 4 aromatic rings. The molecule has 2 atom stereocenters. The van der Waals surface area contributed by atoms with E-state index in [1.807, 2.05) is 0 Å². The number of amides is 1. The van der Waals surface area contributed by atoms with Crippen molar-refractivity contribution >= 4 is 11.6 Å². The van der Waals surface area contributed by atoms with Crippen molar-refractivity contribution in [2.75, 3.05) is 5.32 Å². The van der Waals surface area contributed by atoms with E-state index in [9.17, 15) is 18.0 Å². The van der Waals surface area contributed by atoms with E-state index in [1.165, 1.54) is 30.3 Å². The van der Waals surface area contributed by atoms with Crippen molar-refractivity contribution in [3.8, 4) is 5.69 Å². The van der Waals surface area contributed by atoms with Gasteiger partial charge in [0, 0.05) is 18.8 Å². The third-order valence-corrected chi connectivity index (χ3v) is 7.20. The van der Waals surface area contributed by atoms with Gasteiger partial charge in [-0.05, 0) is 66.3 Å². The van der Waals surface area contributed by atoms with E-state index in [0.717, 1.165) is 17.5 Å². The number of hydrogen-bond acceptors (Lipinski definition) is 5. The first-order chi connectivity index (χ1) is 19.5. The molecule has 2 aromatic carbocycles. The second-order valence-electron chi connectivity index (χ2n) is 10.1. The van der Waals surface area contributed by atoms with Gasteiger partial charge in [-0.2, -0.15) is 18.3 Å². The number of rotatable bonds is 10. The highest BCUT2D eigenvalue weighted by Crippen LogP contribution is 2.35. The topological polar surface area (TPSA) is 112 Å². The molecule has 0 fully saturated rings. The lowest BCUT2D eigenvalue weighted by Gasteiger charge is -2.31. The number of benzene rings is 2. The van der Waals surface area contributed by atoms with Gasteiger partial charge in [-0.15, -0.1) is 0 Å². The summed E-state index contributed by atoms with van der Waals surface area (Å²) in [6, 6.07) is 16.4. The fourth-order valence-corrected chi connectivity index (χ4v) is 4.50. The molecule has 4 rings (SSSR count). The quantitative estimate of drug-likeness (QED) is 0.198. The lowest BCUT2D eigenvalue weighted by atomic mass is 9.80. The molecule has 2 heterocycles. The fourth-order valence-electron chi connectivity index (χ4n) is 4.50. The lowest BCUT2D eigenvalue weighted by molar-refractivity contribution is -0.141. The summed E-state index contributed by atoms with van der Waals surface area (Å²) in [6.07, 6.45) is -0.980. The van der Waals surface area contributed by atoms with Crippen LogP contribution >= 0.6 is 0 Å². The fraction of sp³-hybridized carbons (Fsp3) is 0.300. The van der Waals surface area contributed by atoms with Crippen LogP contribution in [0.25, 0.3) is 5.69 Å². The Hall–Kier alpha value is -4.09. The molecule has 2 aromatic heterocycles. The number of nitrogens with two attached hydrogens (primary N) is 2. The monoisotopic (exact) mass is 568 g/mol. The number of pyridine rings is 1. The van der Waals surface area contributed by atoms with E-state index in [1.54, 1.807) is 36.5 Å². The molecule has 0 radical (unpaired) electrons. The van der Waals surface area contributed by atoms with Crippen molar-refractivity contribution in [2.24, 2.45) is 17.4 Å². The van der Waals surface area contributed by atoms with Crippen molar-refractivity contribution in [1.29, 1.82) is 0 Å². The van der Waals surface area contributed by atoms with Crippen LogP contribution in [0.2, 0.25) is 0 Å². The summed E-state index contributed by atoms with van der Waals surface area (Å²) in [4.78, 5) is 17.8. The van der Waals surface area contributed by atoms with E-state index >= 15 is 4.39 Å². The normalized spacial score (nSPS) is 14.0. The highest BCUT2D eigenvalue weighted by atomic mass is 19.4. The standard InChI is InChI=1S/C30H32F4N6O/c1-3-19(2)12-13-29(36,26-9-4-5-14-37-26)21-10-11-23(31)24(16-21)38-28(41)25-17-27(30(32,33)34)39-40(25)22-8-6-7-20(15-22)18-35/h4-11,14-17,19H,3,12-13,18,35-36H2,1-2H3,(H,38,41). The van der Waals surface area contributed by atoms with Crippen molar-refractivity contribution in [3.05, 3.63) is 107 Å². The van der Waals surface area contributed by atoms with Gasteiger partial charge in [0.05, 0.1) is 22.6 Å². The summed E-state index contributed by atoms with van der Waals surface area (Å²) in [6.45, 7) is 4.32. The minimum atomic E-state index is -4.81. The van der Waals surface area contributed by atoms with Gasteiger partial charge < -0.3 is 16.8 Å². The number of nitrogens with zero attached hydrogens (tertiary/aromatic N) is 3. The van der Waals surface area contributed by atoms with Crippen LogP contribution in [0.4, 0.5) is 23.2 Å². The van der Waals surface area contributed by atoms with Gasteiger partial charge in [-0.1, -0.05) is 44.5 Å². The third kappa shape index (κ3) is 6.63. The Morgan fingerprint density at radius 2 is 1.83 bits per heavy atom. The van der Waals surface area contributed by atoms with Crippen LogP contribution in [-0.2, 0) is 18.3 Å². The summed E-state index contributed by atoms with van der Waals surface area (Å²) in [7, 11) is 0. The molecule has 0 spiro atoms. The van der Waals surface area contributed by atoms with E-state index < -0.39 is 34.8 Å². The van der Waals surface area contributed by atoms with Crippen molar-refractivity contribution in [3.63, 3.8) is 0 Å². The number of hydrogen-bond donors (Lipinski definition) is 3. The van der Waals surface area contributed by atoms with Crippen molar-refractivity contribution in [2.45, 2.75) is 51.4 Å². The molecule has 0 aliphatic rings. The first-order valence-corrected chi connectivity index (χ1v) is 13.2. The Bertz CT molecular complexity index is 1500. The lowest BCUT2D eigenvalue weighted by Crippen LogP contribution is -2.39. The van der Waals surface area contributed by atoms with E-state index in [2.05, 4.69) is 29.2 Å². The Morgan fingerprint density at radius 1 is 1.05 bits per heavy atom. The smallest absolute Gasteiger partial charge is 0.326 e. The molecule has 1 amide bonds. The molecular formula is C30H32F4N6O. The van der Waals surface area contributed by atoms with E-state index in [0.29, 0.717) is 35.2 Å². The number of aromatic nitrogens is 3. The number of nitrogens with one attached hydrogen (secondary N) is 1. The zero-order chi connectivity index (χ0) is 29.8. The molecule has 0 saturated heterocycles. The molecule has 216 valence electrons. The van der Waals surface area contributed by atoms with Crippen LogP contribution in [0.5, 0.6) is 0 Å². The summed E-state index contributed by atoms with van der Waals surface area (Å²) >= 11 is 0. The molecule has 0 bridgehead atoms. The summed E-state index contributed by atoms with van der Waals surface area (Å²) in [5, 5.41) is 6.05. The van der Waals surface area contributed by atoms with Crippen LogP contribution in [-0.4, -0.2) is 20.7 Å². The van der Waals surface area contributed by atoms with Crippen molar-refractivity contribution < 1.29 is 22.4 Å². The molecule has 0 aliphatic heterocycles. The molecular weight excluding hydrogens is 536 g/mol. The minimum Gasteiger partial charge on any atom is -0.326 e. The average molecular weight is 569 g/mol. The second-order valence-corrected chi connectivity index (χ2v) is 10.1. The highest BCUT2D eigenvalue weighted by Gasteiger charge is 2.37. The Labute approximate surface area is 235 Å². The van der Waals surface area contributed by atoms with E-state index in [-0.39, 0.29) is 17.9 Å². The van der Waals surface area contributed by atoms with Gasteiger partial charge in [0.2, 0.25) is 0 Å². The highest BCUT2D eigenvalue weighted by molar-refractivity contribution is 6.03. The van der Waals surface area contributed by atoms with E-state index in [4.69, 9.17) is 11.5 Å². The number of alkyl halides is 3. The number of carbonyl (C=O) groups excluding carboxylic acids is 1. The number of halogens is 4.